The second-order valence-corrected chi connectivity index (χ2v) is 6.22. The maximum atomic E-state index is 12.5. The first-order valence-corrected chi connectivity index (χ1v) is 8.73. The molecule has 5 nitrogen and oxygen atoms in total. The third-order valence-corrected chi connectivity index (χ3v) is 4.21. The first-order chi connectivity index (χ1) is 12.5. The van der Waals surface area contributed by atoms with Gasteiger partial charge in [-0.3, -0.25) is 9.59 Å². The maximum Gasteiger partial charge on any atom is 0.314 e. The van der Waals surface area contributed by atoms with E-state index in [1.807, 2.05) is 37.3 Å². The number of rotatable bonds is 7. The van der Waals surface area contributed by atoms with Crippen LogP contribution in [0.3, 0.4) is 0 Å². The van der Waals surface area contributed by atoms with Gasteiger partial charge < -0.3 is 14.8 Å². The van der Waals surface area contributed by atoms with E-state index in [9.17, 15) is 9.59 Å². The van der Waals surface area contributed by atoms with Crippen LogP contribution in [0.1, 0.15) is 31.7 Å². The SMILES string of the molecule is CCC(C(=O)OC(C)C(=O)Nc1cc(Cl)ccc1OC)c1ccccc1. The molecule has 2 atom stereocenters. The minimum Gasteiger partial charge on any atom is -0.495 e. The second-order valence-electron chi connectivity index (χ2n) is 5.78. The highest BCUT2D eigenvalue weighted by Crippen LogP contribution is 2.28. The van der Waals surface area contributed by atoms with Crippen molar-refractivity contribution in [3.63, 3.8) is 0 Å². The van der Waals surface area contributed by atoms with Crippen LogP contribution >= 0.6 is 11.6 Å². The van der Waals surface area contributed by atoms with Gasteiger partial charge in [0, 0.05) is 5.02 Å². The average Bonchev–Trinajstić information content (AvgIpc) is 2.63. The standard InChI is InChI=1S/C20H22ClNO4/c1-4-16(14-8-6-5-7-9-14)20(24)26-13(2)19(23)22-17-12-15(21)10-11-18(17)25-3/h5-13,16H,4H2,1-3H3,(H,22,23). The number of halogens is 1. The molecule has 0 saturated carbocycles. The van der Waals surface area contributed by atoms with Gasteiger partial charge in [0.2, 0.25) is 0 Å². The van der Waals surface area contributed by atoms with Gasteiger partial charge in [-0.05, 0) is 37.1 Å². The fourth-order valence-electron chi connectivity index (χ4n) is 2.55. The number of benzene rings is 2. The van der Waals surface area contributed by atoms with Crippen molar-refractivity contribution in [2.45, 2.75) is 32.3 Å². The molecule has 2 aromatic rings. The van der Waals surface area contributed by atoms with Gasteiger partial charge in [0.15, 0.2) is 6.10 Å². The van der Waals surface area contributed by atoms with Crippen molar-refractivity contribution in [2.75, 3.05) is 12.4 Å². The predicted molar refractivity (Wildman–Crippen MR) is 102 cm³/mol. The Hall–Kier alpha value is -2.53. The van der Waals surface area contributed by atoms with Crippen LogP contribution in [-0.4, -0.2) is 25.1 Å². The molecule has 0 heterocycles. The summed E-state index contributed by atoms with van der Waals surface area (Å²) in [6.45, 7) is 3.43. The van der Waals surface area contributed by atoms with E-state index in [0.29, 0.717) is 22.9 Å². The van der Waals surface area contributed by atoms with Crippen molar-refractivity contribution in [2.24, 2.45) is 0 Å². The zero-order valence-electron chi connectivity index (χ0n) is 15.0. The highest BCUT2D eigenvalue weighted by molar-refractivity contribution is 6.31. The number of carbonyl (C=O) groups is 2. The summed E-state index contributed by atoms with van der Waals surface area (Å²) in [4.78, 5) is 24.9. The first-order valence-electron chi connectivity index (χ1n) is 8.36. The highest BCUT2D eigenvalue weighted by atomic mass is 35.5. The van der Waals surface area contributed by atoms with Gasteiger partial charge in [0.05, 0.1) is 18.7 Å². The molecule has 0 saturated heterocycles. The van der Waals surface area contributed by atoms with E-state index in [-0.39, 0.29) is 0 Å². The molecule has 2 rings (SSSR count). The van der Waals surface area contributed by atoms with Gasteiger partial charge in [-0.25, -0.2) is 0 Å². The second kappa shape index (κ2) is 9.25. The van der Waals surface area contributed by atoms with E-state index in [1.165, 1.54) is 14.0 Å². The molecular weight excluding hydrogens is 354 g/mol. The van der Waals surface area contributed by atoms with Crippen molar-refractivity contribution in [3.8, 4) is 5.75 Å². The maximum absolute atomic E-state index is 12.5. The zero-order valence-corrected chi connectivity index (χ0v) is 15.7. The summed E-state index contributed by atoms with van der Waals surface area (Å²) in [5.74, 6) is -0.828. The molecule has 26 heavy (non-hydrogen) atoms. The minimum atomic E-state index is -0.955. The molecule has 1 amide bonds. The molecule has 0 radical (unpaired) electrons. The van der Waals surface area contributed by atoms with Crippen LogP contribution in [-0.2, 0) is 14.3 Å². The number of hydrogen-bond donors (Lipinski definition) is 1. The topological polar surface area (TPSA) is 64.6 Å². The summed E-state index contributed by atoms with van der Waals surface area (Å²) in [6.07, 6.45) is -0.372. The molecule has 1 N–H and O–H groups in total. The molecule has 138 valence electrons. The molecule has 2 aromatic carbocycles. The quantitative estimate of drug-likeness (QED) is 0.728. The predicted octanol–water partition coefficient (Wildman–Crippen LogP) is 4.41. The Labute approximate surface area is 158 Å². The van der Waals surface area contributed by atoms with Gasteiger partial charge in [0.25, 0.3) is 5.91 Å². The van der Waals surface area contributed by atoms with Gasteiger partial charge in [-0.2, -0.15) is 0 Å². The number of carbonyl (C=O) groups excluding carboxylic acids is 2. The van der Waals surface area contributed by atoms with Crippen LogP contribution in [0, 0.1) is 0 Å². The smallest absolute Gasteiger partial charge is 0.314 e. The summed E-state index contributed by atoms with van der Waals surface area (Å²) in [5, 5.41) is 3.14. The molecule has 0 aromatic heterocycles. The lowest BCUT2D eigenvalue weighted by atomic mass is 9.97. The van der Waals surface area contributed by atoms with Crippen LogP contribution in [0.5, 0.6) is 5.75 Å². The average molecular weight is 376 g/mol. The lowest BCUT2D eigenvalue weighted by molar-refractivity contribution is -0.154. The Morgan fingerprint density at radius 1 is 1.15 bits per heavy atom. The molecule has 2 unspecified atom stereocenters. The Morgan fingerprint density at radius 3 is 2.46 bits per heavy atom. The van der Waals surface area contributed by atoms with E-state index in [1.54, 1.807) is 18.2 Å². The van der Waals surface area contributed by atoms with Crippen LogP contribution in [0.4, 0.5) is 5.69 Å². The molecule has 0 spiro atoms. The van der Waals surface area contributed by atoms with E-state index >= 15 is 0 Å². The first kappa shape index (κ1) is 19.8. The third-order valence-electron chi connectivity index (χ3n) is 3.98. The molecule has 0 aliphatic heterocycles. The fraction of sp³-hybridized carbons (Fsp3) is 0.300. The van der Waals surface area contributed by atoms with E-state index in [0.717, 1.165) is 5.56 Å². The number of methoxy groups -OCH3 is 1. The zero-order chi connectivity index (χ0) is 19.1. The molecule has 0 aliphatic rings. The van der Waals surface area contributed by atoms with Gasteiger partial charge in [-0.1, -0.05) is 48.9 Å². The Bertz CT molecular complexity index is 764. The van der Waals surface area contributed by atoms with Gasteiger partial charge in [-0.15, -0.1) is 0 Å². The third kappa shape index (κ3) is 4.99. The lowest BCUT2D eigenvalue weighted by Crippen LogP contribution is -2.31. The molecule has 0 fully saturated rings. The van der Waals surface area contributed by atoms with Crippen molar-refractivity contribution < 1.29 is 19.1 Å². The summed E-state index contributed by atoms with van der Waals surface area (Å²) < 4.78 is 10.6. The number of nitrogens with one attached hydrogen (secondary N) is 1. The van der Waals surface area contributed by atoms with Crippen molar-refractivity contribution in [1.29, 1.82) is 0 Å². The number of esters is 1. The number of amides is 1. The van der Waals surface area contributed by atoms with E-state index in [2.05, 4.69) is 5.32 Å². The highest BCUT2D eigenvalue weighted by Gasteiger charge is 2.25. The largest absolute Gasteiger partial charge is 0.495 e. The molecule has 0 bridgehead atoms. The van der Waals surface area contributed by atoms with Crippen LogP contribution in [0.25, 0.3) is 0 Å². The van der Waals surface area contributed by atoms with Crippen molar-refractivity contribution in [1.82, 2.24) is 0 Å². The van der Waals surface area contributed by atoms with Crippen LogP contribution in [0.2, 0.25) is 5.02 Å². The summed E-state index contributed by atoms with van der Waals surface area (Å²) in [6, 6.07) is 14.2. The number of ether oxygens (including phenoxy) is 2. The van der Waals surface area contributed by atoms with Gasteiger partial charge >= 0.3 is 5.97 Å². The summed E-state index contributed by atoms with van der Waals surface area (Å²) in [5.41, 5.74) is 1.28. The van der Waals surface area contributed by atoms with Crippen LogP contribution < -0.4 is 10.1 Å². The van der Waals surface area contributed by atoms with Crippen molar-refractivity contribution in [3.05, 3.63) is 59.1 Å². The van der Waals surface area contributed by atoms with Gasteiger partial charge in [0.1, 0.15) is 5.75 Å². The summed E-state index contributed by atoms with van der Waals surface area (Å²) in [7, 11) is 1.49. The Balaban J connectivity index is 2.04. The molecular formula is C20H22ClNO4. The van der Waals surface area contributed by atoms with Crippen molar-refractivity contribution >= 4 is 29.2 Å². The molecule has 0 aliphatic carbocycles. The minimum absolute atomic E-state index is 0.410. The number of hydrogen-bond acceptors (Lipinski definition) is 4. The van der Waals surface area contributed by atoms with Crippen LogP contribution in [0.15, 0.2) is 48.5 Å². The number of anilines is 1. The molecule has 6 heteroatoms. The lowest BCUT2D eigenvalue weighted by Gasteiger charge is -2.19. The Morgan fingerprint density at radius 2 is 1.85 bits per heavy atom. The summed E-state index contributed by atoms with van der Waals surface area (Å²) >= 11 is 5.96. The van der Waals surface area contributed by atoms with E-state index in [4.69, 9.17) is 21.1 Å². The monoisotopic (exact) mass is 375 g/mol. The van der Waals surface area contributed by atoms with E-state index < -0.39 is 23.9 Å². The normalized spacial score (nSPS) is 12.8. The fourth-order valence-corrected chi connectivity index (χ4v) is 2.72. The Kier molecular flexibility index (Phi) is 7.04.